The van der Waals surface area contributed by atoms with Gasteiger partial charge in [-0.1, -0.05) is 0 Å². The molecule has 2 rings (SSSR count). The molecule has 0 unspecified atom stereocenters. The van der Waals surface area contributed by atoms with Crippen LogP contribution in [0.1, 0.15) is 23.2 Å². The van der Waals surface area contributed by atoms with E-state index in [-0.39, 0.29) is 17.2 Å². The smallest absolute Gasteiger partial charge is 0.256 e. The van der Waals surface area contributed by atoms with Gasteiger partial charge in [-0.15, -0.1) is 0 Å². The monoisotopic (exact) mass is 252 g/mol. The van der Waals surface area contributed by atoms with Gasteiger partial charge in [0.25, 0.3) is 5.91 Å². The molecule has 3 N–H and O–H groups in total. The fourth-order valence-corrected chi connectivity index (χ4v) is 2.22. The third-order valence-electron chi connectivity index (χ3n) is 3.42. The van der Waals surface area contributed by atoms with Crippen molar-refractivity contribution in [2.24, 2.45) is 11.7 Å². The van der Waals surface area contributed by atoms with Crippen LogP contribution >= 0.6 is 0 Å². The minimum absolute atomic E-state index is 0.0130. The molecule has 0 aliphatic carbocycles. The van der Waals surface area contributed by atoms with Gasteiger partial charge in [-0.3, -0.25) is 4.79 Å². The maximum atomic E-state index is 13.6. The van der Waals surface area contributed by atoms with Crippen LogP contribution in [-0.2, 0) is 0 Å². The number of benzene rings is 1. The van der Waals surface area contributed by atoms with Crippen molar-refractivity contribution in [1.29, 1.82) is 0 Å². The van der Waals surface area contributed by atoms with Crippen LogP contribution in [0.3, 0.4) is 0 Å². The first kappa shape index (κ1) is 12.8. The molecular weight excluding hydrogens is 235 g/mol. The van der Waals surface area contributed by atoms with Gasteiger partial charge >= 0.3 is 0 Å². The van der Waals surface area contributed by atoms with Crippen molar-refractivity contribution >= 4 is 5.91 Å². The molecule has 4 nitrogen and oxygen atoms in total. The summed E-state index contributed by atoms with van der Waals surface area (Å²) < 4.78 is 13.6. The molecule has 0 atom stereocenters. The van der Waals surface area contributed by atoms with Gasteiger partial charge in [0, 0.05) is 19.2 Å². The van der Waals surface area contributed by atoms with Gasteiger partial charge in [0.1, 0.15) is 11.6 Å². The molecule has 0 spiro atoms. The molecule has 1 aromatic carbocycles. The lowest BCUT2D eigenvalue weighted by atomic mass is 9.96. The summed E-state index contributed by atoms with van der Waals surface area (Å²) in [5.41, 5.74) is 5.60. The van der Waals surface area contributed by atoms with Gasteiger partial charge < -0.3 is 15.7 Å². The Kier molecular flexibility index (Phi) is 3.81. The molecule has 0 radical (unpaired) electrons. The molecule has 1 aliphatic rings. The summed E-state index contributed by atoms with van der Waals surface area (Å²) in [4.78, 5) is 13.7. The summed E-state index contributed by atoms with van der Waals surface area (Å²) >= 11 is 0. The van der Waals surface area contributed by atoms with E-state index >= 15 is 0 Å². The molecule has 1 amide bonds. The first-order chi connectivity index (χ1) is 8.61. The Morgan fingerprint density at radius 1 is 1.44 bits per heavy atom. The molecule has 1 saturated heterocycles. The zero-order chi connectivity index (χ0) is 13.1. The zero-order valence-electron chi connectivity index (χ0n) is 10.1. The number of likely N-dealkylation sites (tertiary alicyclic amines) is 1. The predicted octanol–water partition coefficient (Wildman–Crippen LogP) is 1.34. The molecule has 1 heterocycles. The second kappa shape index (κ2) is 5.35. The van der Waals surface area contributed by atoms with Crippen LogP contribution in [0.25, 0.3) is 0 Å². The Bertz CT molecular complexity index is 443. The van der Waals surface area contributed by atoms with Crippen LogP contribution < -0.4 is 5.73 Å². The number of hydrogen-bond donors (Lipinski definition) is 2. The van der Waals surface area contributed by atoms with Crippen molar-refractivity contribution in [3.8, 4) is 5.75 Å². The third kappa shape index (κ3) is 2.61. The van der Waals surface area contributed by atoms with Crippen LogP contribution in [0.15, 0.2) is 18.2 Å². The van der Waals surface area contributed by atoms with Gasteiger partial charge in [-0.25, -0.2) is 4.39 Å². The highest BCUT2D eigenvalue weighted by molar-refractivity contribution is 5.94. The van der Waals surface area contributed by atoms with Crippen molar-refractivity contribution in [1.82, 2.24) is 4.90 Å². The standard InChI is InChI=1S/C13H17FN2O2/c14-12-7-10(17)1-2-11(12)13(18)16-5-3-9(8-15)4-6-16/h1-2,7,9,17H,3-6,8,15H2. The quantitative estimate of drug-likeness (QED) is 0.834. The topological polar surface area (TPSA) is 66.6 Å². The van der Waals surface area contributed by atoms with E-state index in [2.05, 4.69) is 0 Å². The van der Waals surface area contributed by atoms with E-state index in [0.717, 1.165) is 18.9 Å². The molecule has 1 fully saturated rings. The van der Waals surface area contributed by atoms with Crippen LogP contribution in [-0.4, -0.2) is 35.5 Å². The van der Waals surface area contributed by atoms with E-state index in [1.54, 1.807) is 4.90 Å². The number of phenolic OH excluding ortho intramolecular Hbond substituents is 1. The average Bonchev–Trinajstić information content (AvgIpc) is 2.38. The lowest BCUT2D eigenvalue weighted by molar-refractivity contribution is 0.0688. The van der Waals surface area contributed by atoms with Crippen LogP contribution in [0.4, 0.5) is 4.39 Å². The molecule has 18 heavy (non-hydrogen) atoms. The molecular formula is C13H17FN2O2. The average molecular weight is 252 g/mol. The minimum atomic E-state index is -0.680. The highest BCUT2D eigenvalue weighted by atomic mass is 19.1. The van der Waals surface area contributed by atoms with E-state index in [4.69, 9.17) is 10.8 Å². The number of nitrogens with zero attached hydrogens (tertiary/aromatic N) is 1. The van der Waals surface area contributed by atoms with E-state index in [9.17, 15) is 9.18 Å². The number of nitrogens with two attached hydrogens (primary N) is 1. The van der Waals surface area contributed by atoms with Crippen LogP contribution in [0.5, 0.6) is 5.75 Å². The Balaban J connectivity index is 2.08. The van der Waals surface area contributed by atoms with E-state index in [1.165, 1.54) is 12.1 Å². The minimum Gasteiger partial charge on any atom is -0.508 e. The van der Waals surface area contributed by atoms with Gasteiger partial charge in [-0.05, 0) is 37.4 Å². The van der Waals surface area contributed by atoms with Crippen LogP contribution in [0, 0.1) is 11.7 Å². The van der Waals surface area contributed by atoms with Crippen molar-refractivity contribution < 1.29 is 14.3 Å². The summed E-state index contributed by atoms with van der Waals surface area (Å²) in [5.74, 6) is -0.714. The molecule has 0 saturated carbocycles. The van der Waals surface area contributed by atoms with Gasteiger partial charge in [0.05, 0.1) is 5.56 Å². The number of carbonyl (C=O) groups excluding carboxylic acids is 1. The number of carbonyl (C=O) groups is 1. The first-order valence-electron chi connectivity index (χ1n) is 6.09. The molecule has 1 aromatic rings. The second-order valence-corrected chi connectivity index (χ2v) is 4.64. The Morgan fingerprint density at radius 3 is 2.67 bits per heavy atom. The van der Waals surface area contributed by atoms with Crippen molar-refractivity contribution in [3.63, 3.8) is 0 Å². The Labute approximate surface area is 105 Å². The van der Waals surface area contributed by atoms with Crippen molar-refractivity contribution in [2.45, 2.75) is 12.8 Å². The fraction of sp³-hybridized carbons (Fsp3) is 0.462. The van der Waals surface area contributed by atoms with Gasteiger partial charge in [0.15, 0.2) is 0 Å². The highest BCUT2D eigenvalue weighted by Crippen LogP contribution is 2.21. The number of rotatable bonds is 2. The normalized spacial score (nSPS) is 16.9. The van der Waals surface area contributed by atoms with Crippen LogP contribution in [0.2, 0.25) is 0 Å². The number of amides is 1. The lowest BCUT2D eigenvalue weighted by Crippen LogP contribution is -2.40. The summed E-state index contributed by atoms with van der Waals surface area (Å²) in [5, 5.41) is 9.12. The number of hydrogen-bond acceptors (Lipinski definition) is 3. The SMILES string of the molecule is NCC1CCN(C(=O)c2ccc(O)cc2F)CC1. The van der Waals surface area contributed by atoms with Gasteiger partial charge in [0.2, 0.25) is 0 Å². The number of piperidine rings is 1. The van der Waals surface area contributed by atoms with E-state index < -0.39 is 5.82 Å². The van der Waals surface area contributed by atoms with Crippen molar-refractivity contribution in [3.05, 3.63) is 29.6 Å². The number of phenols is 1. The molecule has 1 aliphatic heterocycles. The Hall–Kier alpha value is -1.62. The number of halogens is 1. The number of aromatic hydroxyl groups is 1. The summed E-state index contributed by atoms with van der Waals surface area (Å²) in [6.45, 7) is 1.86. The molecule has 5 heteroatoms. The summed E-state index contributed by atoms with van der Waals surface area (Å²) in [6, 6.07) is 3.60. The van der Waals surface area contributed by atoms with Crippen molar-refractivity contribution in [2.75, 3.05) is 19.6 Å². The third-order valence-corrected chi connectivity index (χ3v) is 3.42. The largest absolute Gasteiger partial charge is 0.508 e. The summed E-state index contributed by atoms with van der Waals surface area (Å²) in [7, 11) is 0. The molecule has 0 bridgehead atoms. The fourth-order valence-electron chi connectivity index (χ4n) is 2.22. The zero-order valence-corrected chi connectivity index (χ0v) is 10.1. The summed E-state index contributed by atoms with van der Waals surface area (Å²) in [6.07, 6.45) is 1.73. The van der Waals surface area contributed by atoms with E-state index in [1.807, 2.05) is 0 Å². The Morgan fingerprint density at radius 2 is 2.11 bits per heavy atom. The highest BCUT2D eigenvalue weighted by Gasteiger charge is 2.24. The second-order valence-electron chi connectivity index (χ2n) is 4.64. The lowest BCUT2D eigenvalue weighted by Gasteiger charge is -2.31. The first-order valence-corrected chi connectivity index (χ1v) is 6.09. The van der Waals surface area contributed by atoms with Gasteiger partial charge in [-0.2, -0.15) is 0 Å². The molecule has 0 aromatic heterocycles. The maximum Gasteiger partial charge on any atom is 0.256 e. The van der Waals surface area contributed by atoms with E-state index in [0.29, 0.717) is 25.6 Å². The predicted molar refractivity (Wildman–Crippen MR) is 65.7 cm³/mol. The maximum absolute atomic E-state index is 13.6. The molecule has 98 valence electrons.